The van der Waals surface area contributed by atoms with Gasteiger partial charge in [-0.3, -0.25) is 4.98 Å². The molecule has 118 valence electrons. The molecule has 0 saturated heterocycles. The molecule has 3 aromatic rings. The highest BCUT2D eigenvalue weighted by Gasteiger charge is 2.24. The second-order valence-electron chi connectivity index (χ2n) is 6.52. The fourth-order valence-corrected chi connectivity index (χ4v) is 2.94. The first-order valence-electron chi connectivity index (χ1n) is 8.14. The van der Waals surface area contributed by atoms with Crippen LogP contribution in [-0.4, -0.2) is 26.5 Å². The molecule has 1 N–H and O–H groups in total. The third-order valence-corrected chi connectivity index (χ3v) is 4.25. The monoisotopic (exact) mass is 308 g/mol. The van der Waals surface area contributed by atoms with Crippen molar-refractivity contribution in [2.75, 3.05) is 0 Å². The van der Waals surface area contributed by atoms with E-state index in [0.29, 0.717) is 12.0 Å². The highest BCUT2D eigenvalue weighted by atomic mass is 16.5. The van der Waals surface area contributed by atoms with Crippen LogP contribution in [0.4, 0.5) is 0 Å². The average molecular weight is 308 g/mol. The molecule has 1 unspecified atom stereocenters. The number of nitrogens with one attached hydrogen (secondary N) is 1. The Bertz CT molecular complexity index is 809. The Morgan fingerprint density at radius 3 is 2.70 bits per heavy atom. The first-order chi connectivity index (χ1) is 11.2. The highest BCUT2D eigenvalue weighted by molar-refractivity contribution is 5.80. The molecule has 23 heavy (non-hydrogen) atoms. The molecule has 0 spiro atoms. The number of benzene rings is 1. The Labute approximate surface area is 135 Å². The van der Waals surface area contributed by atoms with Crippen molar-refractivity contribution in [2.45, 2.75) is 38.7 Å². The predicted molar refractivity (Wildman–Crippen MR) is 88.5 cm³/mol. The minimum Gasteiger partial charge on any atom is -0.490 e. The van der Waals surface area contributed by atoms with Gasteiger partial charge in [-0.05, 0) is 43.0 Å². The summed E-state index contributed by atoms with van der Waals surface area (Å²) in [7, 11) is 0. The molecule has 4 rings (SSSR count). The van der Waals surface area contributed by atoms with Gasteiger partial charge in [0.1, 0.15) is 5.75 Å². The maximum absolute atomic E-state index is 5.86. The first kappa shape index (κ1) is 14.2. The van der Waals surface area contributed by atoms with Crippen LogP contribution in [0.3, 0.4) is 0 Å². The Kier molecular flexibility index (Phi) is 3.48. The number of aromatic amines is 1. The lowest BCUT2D eigenvalue weighted by molar-refractivity contribution is 0.303. The molecule has 0 bridgehead atoms. The standard InChI is InChI=1S/C18H20N4O/c1-11(2)18(17-10-19-22-21-17)16-7-3-12-9-14(23-13-4-5-13)6-8-15(12)20-16/h3,6-11,13,18H,4-5H2,1-2H3,(H,19,21,22). The third-order valence-electron chi connectivity index (χ3n) is 4.25. The number of pyridine rings is 1. The van der Waals surface area contributed by atoms with E-state index in [2.05, 4.69) is 47.5 Å². The van der Waals surface area contributed by atoms with E-state index in [1.54, 1.807) is 6.20 Å². The normalized spacial score (nSPS) is 16.0. The van der Waals surface area contributed by atoms with Crippen molar-refractivity contribution in [3.63, 3.8) is 0 Å². The molecule has 2 heterocycles. The third kappa shape index (κ3) is 2.91. The summed E-state index contributed by atoms with van der Waals surface area (Å²) in [4.78, 5) is 4.85. The van der Waals surface area contributed by atoms with E-state index < -0.39 is 0 Å². The average Bonchev–Trinajstić information content (AvgIpc) is 3.19. The number of hydrogen-bond donors (Lipinski definition) is 1. The maximum atomic E-state index is 5.86. The van der Waals surface area contributed by atoms with E-state index in [0.717, 1.165) is 28.0 Å². The Hall–Kier alpha value is -2.43. The molecule has 1 aromatic carbocycles. The van der Waals surface area contributed by atoms with Crippen LogP contribution >= 0.6 is 0 Å². The van der Waals surface area contributed by atoms with Gasteiger partial charge in [0, 0.05) is 11.3 Å². The summed E-state index contributed by atoms with van der Waals surface area (Å²) in [5.41, 5.74) is 2.94. The second kappa shape index (κ2) is 5.65. The number of rotatable bonds is 5. The summed E-state index contributed by atoms with van der Waals surface area (Å²) in [6.07, 6.45) is 4.53. The van der Waals surface area contributed by atoms with Crippen molar-refractivity contribution >= 4 is 10.9 Å². The lowest BCUT2D eigenvalue weighted by atomic mass is 9.89. The van der Waals surface area contributed by atoms with Gasteiger partial charge in [-0.25, -0.2) is 0 Å². The molecule has 0 aliphatic heterocycles. The van der Waals surface area contributed by atoms with Gasteiger partial charge < -0.3 is 4.74 Å². The zero-order chi connectivity index (χ0) is 15.8. The molecule has 0 amide bonds. The quantitative estimate of drug-likeness (QED) is 0.781. The van der Waals surface area contributed by atoms with E-state index >= 15 is 0 Å². The molecule has 1 fully saturated rings. The van der Waals surface area contributed by atoms with Crippen LogP contribution in [0.15, 0.2) is 36.5 Å². The zero-order valence-electron chi connectivity index (χ0n) is 13.4. The van der Waals surface area contributed by atoms with Crippen molar-refractivity contribution in [1.82, 2.24) is 20.4 Å². The van der Waals surface area contributed by atoms with Crippen LogP contribution in [0.1, 0.15) is 44.0 Å². The van der Waals surface area contributed by atoms with Crippen LogP contribution in [0.2, 0.25) is 0 Å². The number of H-pyrrole nitrogens is 1. The summed E-state index contributed by atoms with van der Waals surface area (Å²) >= 11 is 0. The summed E-state index contributed by atoms with van der Waals surface area (Å²) in [6, 6.07) is 10.3. The summed E-state index contributed by atoms with van der Waals surface area (Å²) in [5.74, 6) is 1.47. The summed E-state index contributed by atoms with van der Waals surface area (Å²) in [5, 5.41) is 12.0. The van der Waals surface area contributed by atoms with Gasteiger partial charge >= 0.3 is 0 Å². The summed E-state index contributed by atoms with van der Waals surface area (Å²) < 4.78 is 5.86. The lowest BCUT2D eigenvalue weighted by Crippen LogP contribution is -2.11. The smallest absolute Gasteiger partial charge is 0.120 e. The van der Waals surface area contributed by atoms with Gasteiger partial charge in [0.05, 0.1) is 29.2 Å². The van der Waals surface area contributed by atoms with Crippen molar-refractivity contribution in [1.29, 1.82) is 0 Å². The van der Waals surface area contributed by atoms with E-state index in [-0.39, 0.29) is 5.92 Å². The lowest BCUT2D eigenvalue weighted by Gasteiger charge is -2.18. The van der Waals surface area contributed by atoms with E-state index in [4.69, 9.17) is 9.72 Å². The van der Waals surface area contributed by atoms with Gasteiger partial charge in [-0.1, -0.05) is 19.9 Å². The highest BCUT2D eigenvalue weighted by Crippen LogP contribution is 2.32. The van der Waals surface area contributed by atoms with Crippen molar-refractivity contribution < 1.29 is 4.74 Å². The van der Waals surface area contributed by atoms with Crippen LogP contribution < -0.4 is 4.74 Å². The number of ether oxygens (including phenoxy) is 1. The molecule has 1 aliphatic rings. The van der Waals surface area contributed by atoms with Gasteiger partial charge in [-0.15, -0.1) is 0 Å². The SMILES string of the molecule is CC(C)C(c1cn[nH]n1)c1ccc2cc(OC3CC3)ccc2n1. The van der Waals surface area contributed by atoms with Crippen LogP contribution in [0.5, 0.6) is 5.75 Å². The number of hydrogen-bond acceptors (Lipinski definition) is 4. The molecule has 1 aliphatic carbocycles. The van der Waals surface area contributed by atoms with Crippen molar-refractivity contribution in [2.24, 2.45) is 5.92 Å². The molecule has 1 saturated carbocycles. The van der Waals surface area contributed by atoms with Gasteiger partial charge in [0.2, 0.25) is 0 Å². The van der Waals surface area contributed by atoms with Crippen molar-refractivity contribution in [3.05, 3.63) is 47.9 Å². The molecule has 0 radical (unpaired) electrons. The fraction of sp³-hybridized carbons (Fsp3) is 0.389. The fourth-order valence-electron chi connectivity index (χ4n) is 2.94. The first-order valence-corrected chi connectivity index (χ1v) is 8.14. The minimum absolute atomic E-state index is 0.139. The van der Waals surface area contributed by atoms with Gasteiger partial charge in [0.15, 0.2) is 0 Å². The molecule has 2 aromatic heterocycles. The van der Waals surface area contributed by atoms with Crippen LogP contribution in [-0.2, 0) is 0 Å². The summed E-state index contributed by atoms with van der Waals surface area (Å²) in [6.45, 7) is 4.36. The topological polar surface area (TPSA) is 63.7 Å². The van der Waals surface area contributed by atoms with E-state index in [9.17, 15) is 0 Å². The Morgan fingerprint density at radius 2 is 2.00 bits per heavy atom. The van der Waals surface area contributed by atoms with E-state index in [1.807, 2.05) is 12.1 Å². The predicted octanol–water partition coefficient (Wildman–Crippen LogP) is 3.68. The minimum atomic E-state index is 0.139. The maximum Gasteiger partial charge on any atom is 0.120 e. The Balaban J connectivity index is 1.69. The largest absolute Gasteiger partial charge is 0.490 e. The van der Waals surface area contributed by atoms with Crippen LogP contribution in [0, 0.1) is 5.92 Å². The molecule has 5 heteroatoms. The number of fused-ring (bicyclic) bond motifs is 1. The van der Waals surface area contributed by atoms with Gasteiger partial charge in [-0.2, -0.15) is 15.4 Å². The van der Waals surface area contributed by atoms with Crippen molar-refractivity contribution in [3.8, 4) is 5.75 Å². The molecule has 5 nitrogen and oxygen atoms in total. The molecule has 1 atom stereocenters. The second-order valence-corrected chi connectivity index (χ2v) is 6.52. The Morgan fingerprint density at radius 1 is 1.13 bits per heavy atom. The number of nitrogens with zero attached hydrogens (tertiary/aromatic N) is 3. The van der Waals surface area contributed by atoms with Crippen LogP contribution in [0.25, 0.3) is 10.9 Å². The molecular formula is C18H20N4O. The van der Waals surface area contributed by atoms with E-state index in [1.165, 1.54) is 12.8 Å². The molecular weight excluding hydrogens is 288 g/mol. The number of aromatic nitrogens is 4. The van der Waals surface area contributed by atoms with Gasteiger partial charge in [0.25, 0.3) is 0 Å². The zero-order valence-corrected chi connectivity index (χ0v) is 13.4.